The summed E-state index contributed by atoms with van der Waals surface area (Å²) in [6, 6.07) is 18.4. The zero-order valence-electron chi connectivity index (χ0n) is 25.5. The molecular formula is C34H42ClN3O4S. The standard InChI is InChI=1S/C34H42ClN3O4S/c1-5-32(34(40)36-29-9-7-6-8-10-29)37(22-27-14-11-24(2)12-15-27)33(39)23-38(30-18-13-25(3)26(4)21-30)43(41,42)31-19-16-28(35)17-20-31/h11-21,29,32H,5-10,22-23H2,1-4H3,(H,36,40)/t32-/m0/s1. The number of hydrogen-bond acceptors (Lipinski definition) is 4. The molecule has 0 aliphatic heterocycles. The third-order valence-corrected chi connectivity index (χ3v) is 10.3. The molecule has 1 saturated carbocycles. The Morgan fingerprint density at radius 2 is 1.56 bits per heavy atom. The number of halogens is 1. The van der Waals surface area contributed by atoms with Crippen molar-refractivity contribution in [1.29, 1.82) is 0 Å². The Labute approximate surface area is 261 Å². The Morgan fingerprint density at radius 1 is 0.907 bits per heavy atom. The Balaban J connectivity index is 1.72. The van der Waals surface area contributed by atoms with Crippen LogP contribution in [0, 0.1) is 20.8 Å². The van der Waals surface area contributed by atoms with Crippen LogP contribution in [0.4, 0.5) is 5.69 Å². The van der Waals surface area contributed by atoms with Gasteiger partial charge in [0.05, 0.1) is 10.6 Å². The predicted octanol–water partition coefficient (Wildman–Crippen LogP) is 6.72. The molecule has 0 saturated heterocycles. The summed E-state index contributed by atoms with van der Waals surface area (Å²) >= 11 is 6.05. The van der Waals surface area contributed by atoms with Crippen molar-refractivity contribution in [2.75, 3.05) is 10.8 Å². The van der Waals surface area contributed by atoms with Crippen LogP contribution < -0.4 is 9.62 Å². The quantitative estimate of drug-likeness (QED) is 0.257. The fourth-order valence-electron chi connectivity index (χ4n) is 5.50. The minimum atomic E-state index is -4.16. The molecule has 0 bridgehead atoms. The van der Waals surface area contributed by atoms with Crippen LogP contribution in [-0.4, -0.2) is 43.8 Å². The summed E-state index contributed by atoms with van der Waals surface area (Å²) in [6.07, 6.45) is 5.55. The molecule has 9 heteroatoms. The van der Waals surface area contributed by atoms with Gasteiger partial charge in [0.2, 0.25) is 11.8 Å². The lowest BCUT2D eigenvalue weighted by Crippen LogP contribution is -2.54. The molecule has 0 unspecified atom stereocenters. The van der Waals surface area contributed by atoms with Crippen molar-refractivity contribution in [3.63, 3.8) is 0 Å². The number of rotatable bonds is 11. The zero-order valence-corrected chi connectivity index (χ0v) is 27.0. The first kappa shape index (κ1) is 32.6. The van der Waals surface area contributed by atoms with Gasteiger partial charge in [-0.2, -0.15) is 0 Å². The molecule has 3 aromatic rings. The topological polar surface area (TPSA) is 86.8 Å². The van der Waals surface area contributed by atoms with Gasteiger partial charge in [0, 0.05) is 17.6 Å². The molecule has 1 N–H and O–H groups in total. The summed E-state index contributed by atoms with van der Waals surface area (Å²) in [4.78, 5) is 29.5. The maximum absolute atomic E-state index is 14.3. The van der Waals surface area contributed by atoms with Crippen molar-refractivity contribution in [3.8, 4) is 0 Å². The van der Waals surface area contributed by atoms with Gasteiger partial charge >= 0.3 is 0 Å². The Morgan fingerprint density at radius 3 is 2.16 bits per heavy atom. The number of nitrogens with zero attached hydrogens (tertiary/aromatic N) is 2. The van der Waals surface area contributed by atoms with Crippen molar-refractivity contribution in [3.05, 3.63) is 94.0 Å². The molecule has 7 nitrogen and oxygen atoms in total. The molecule has 2 amide bonds. The maximum Gasteiger partial charge on any atom is 0.264 e. The van der Waals surface area contributed by atoms with Crippen LogP contribution in [0.2, 0.25) is 5.02 Å². The number of benzene rings is 3. The van der Waals surface area contributed by atoms with E-state index in [0.29, 0.717) is 17.1 Å². The monoisotopic (exact) mass is 623 g/mol. The average molecular weight is 624 g/mol. The van der Waals surface area contributed by atoms with Gasteiger partial charge in [-0.15, -0.1) is 0 Å². The Hall–Kier alpha value is -3.36. The highest BCUT2D eigenvalue weighted by Crippen LogP contribution is 2.28. The number of carbonyl (C=O) groups is 2. The van der Waals surface area contributed by atoms with E-state index in [1.807, 2.05) is 58.0 Å². The van der Waals surface area contributed by atoms with Crippen molar-refractivity contribution >= 4 is 39.1 Å². The van der Waals surface area contributed by atoms with Crippen molar-refractivity contribution in [1.82, 2.24) is 10.2 Å². The van der Waals surface area contributed by atoms with Gasteiger partial charge in [-0.25, -0.2) is 8.42 Å². The third-order valence-electron chi connectivity index (χ3n) is 8.27. The molecule has 0 heterocycles. The lowest BCUT2D eigenvalue weighted by Gasteiger charge is -2.34. The Bertz CT molecular complexity index is 1520. The number of anilines is 1. The molecular weight excluding hydrogens is 582 g/mol. The highest BCUT2D eigenvalue weighted by molar-refractivity contribution is 7.92. The first-order chi connectivity index (χ1) is 20.5. The molecule has 230 valence electrons. The van der Waals surface area contributed by atoms with Gasteiger partial charge in [-0.1, -0.05) is 73.7 Å². The number of aryl methyl sites for hydroxylation is 3. The van der Waals surface area contributed by atoms with Crippen LogP contribution in [-0.2, 0) is 26.2 Å². The van der Waals surface area contributed by atoms with E-state index in [1.54, 1.807) is 12.1 Å². The molecule has 0 aromatic heterocycles. The van der Waals surface area contributed by atoms with Crippen LogP contribution in [0.3, 0.4) is 0 Å². The molecule has 0 spiro atoms. The van der Waals surface area contributed by atoms with Gasteiger partial charge in [-0.05, 0) is 93.1 Å². The summed E-state index contributed by atoms with van der Waals surface area (Å²) in [5.74, 6) is -0.657. The molecule has 1 aliphatic carbocycles. The van der Waals surface area contributed by atoms with E-state index in [0.717, 1.165) is 58.7 Å². The average Bonchev–Trinajstić information content (AvgIpc) is 2.99. The van der Waals surface area contributed by atoms with E-state index in [1.165, 1.54) is 29.2 Å². The fraction of sp³-hybridized carbons (Fsp3) is 0.412. The third kappa shape index (κ3) is 8.18. The van der Waals surface area contributed by atoms with Crippen molar-refractivity contribution in [2.24, 2.45) is 0 Å². The van der Waals surface area contributed by atoms with Crippen LogP contribution >= 0.6 is 11.6 Å². The summed E-state index contributed by atoms with van der Waals surface area (Å²) in [5.41, 5.74) is 4.22. The minimum absolute atomic E-state index is 0.0232. The van der Waals surface area contributed by atoms with Gasteiger partial charge in [0.1, 0.15) is 12.6 Å². The number of nitrogens with one attached hydrogen (secondary N) is 1. The van der Waals surface area contributed by atoms with E-state index in [4.69, 9.17) is 11.6 Å². The molecule has 1 aliphatic rings. The molecule has 0 radical (unpaired) electrons. The van der Waals surface area contributed by atoms with Gasteiger partial charge in [0.15, 0.2) is 0 Å². The second kappa shape index (κ2) is 14.4. The normalized spacial score (nSPS) is 14.6. The Kier molecular flexibility index (Phi) is 10.9. The smallest absolute Gasteiger partial charge is 0.264 e. The highest BCUT2D eigenvalue weighted by atomic mass is 35.5. The molecule has 4 rings (SSSR count). The molecule has 43 heavy (non-hydrogen) atoms. The summed E-state index contributed by atoms with van der Waals surface area (Å²) in [5, 5.41) is 3.59. The van der Waals surface area contributed by atoms with Crippen LogP contribution in [0.5, 0.6) is 0 Å². The van der Waals surface area contributed by atoms with Crippen molar-refractivity contribution in [2.45, 2.75) is 89.7 Å². The van der Waals surface area contributed by atoms with Crippen LogP contribution in [0.15, 0.2) is 71.6 Å². The highest BCUT2D eigenvalue weighted by Gasteiger charge is 2.34. The van der Waals surface area contributed by atoms with Crippen molar-refractivity contribution < 1.29 is 18.0 Å². The molecule has 1 atom stereocenters. The van der Waals surface area contributed by atoms with E-state index >= 15 is 0 Å². The summed E-state index contributed by atoms with van der Waals surface area (Å²) in [7, 11) is -4.16. The van der Waals surface area contributed by atoms with E-state index in [-0.39, 0.29) is 23.4 Å². The molecule has 1 fully saturated rings. The number of hydrogen-bond donors (Lipinski definition) is 1. The predicted molar refractivity (Wildman–Crippen MR) is 173 cm³/mol. The van der Waals surface area contributed by atoms with E-state index < -0.39 is 28.5 Å². The van der Waals surface area contributed by atoms with E-state index in [9.17, 15) is 18.0 Å². The van der Waals surface area contributed by atoms with Crippen LogP contribution in [0.1, 0.15) is 67.7 Å². The second-order valence-corrected chi connectivity index (χ2v) is 13.8. The van der Waals surface area contributed by atoms with Gasteiger partial charge < -0.3 is 10.2 Å². The first-order valence-electron chi connectivity index (χ1n) is 15.0. The van der Waals surface area contributed by atoms with E-state index in [2.05, 4.69) is 5.32 Å². The maximum atomic E-state index is 14.3. The van der Waals surface area contributed by atoms with Crippen LogP contribution in [0.25, 0.3) is 0 Å². The molecule has 3 aromatic carbocycles. The lowest BCUT2D eigenvalue weighted by atomic mass is 9.95. The summed E-state index contributed by atoms with van der Waals surface area (Å²) in [6.45, 7) is 7.43. The van der Waals surface area contributed by atoms with Gasteiger partial charge in [0.25, 0.3) is 10.0 Å². The fourth-order valence-corrected chi connectivity index (χ4v) is 7.03. The first-order valence-corrected chi connectivity index (χ1v) is 16.8. The summed E-state index contributed by atoms with van der Waals surface area (Å²) < 4.78 is 29.3. The van der Waals surface area contributed by atoms with Gasteiger partial charge in [-0.3, -0.25) is 13.9 Å². The number of amides is 2. The zero-order chi connectivity index (χ0) is 31.1. The number of sulfonamides is 1. The lowest BCUT2D eigenvalue weighted by molar-refractivity contribution is -0.140. The second-order valence-electron chi connectivity index (χ2n) is 11.5. The largest absolute Gasteiger partial charge is 0.352 e. The number of carbonyl (C=O) groups excluding carboxylic acids is 2. The SMILES string of the molecule is CC[C@@H](C(=O)NC1CCCCC1)N(Cc1ccc(C)cc1)C(=O)CN(c1ccc(C)c(C)c1)S(=O)(=O)c1ccc(Cl)cc1. The minimum Gasteiger partial charge on any atom is -0.352 e.